The average molecular weight is 2000 g/mol. The number of methoxy groups -OCH3 is 5. The second kappa shape index (κ2) is 67.3. The van der Waals surface area contributed by atoms with E-state index in [1.165, 1.54) is 73.5 Å². The monoisotopic (exact) mass is 2000 g/mol. The number of nitrogens with one attached hydrogen (secondary N) is 1. The number of imidazole rings is 3. The van der Waals surface area contributed by atoms with Crippen molar-refractivity contribution < 1.29 is 225 Å². The number of hydrogen-bond donors (Lipinski definition) is 1. The largest absolute Gasteiger partial charge is 1.00 e. The van der Waals surface area contributed by atoms with Gasteiger partial charge < -0.3 is 72.2 Å². The molecule has 2 fully saturated rings. The van der Waals surface area contributed by atoms with E-state index in [-0.39, 0.29) is 209 Å². The van der Waals surface area contributed by atoms with Crippen LogP contribution < -0.4 is 189 Å². The summed E-state index contributed by atoms with van der Waals surface area (Å²) in [5, 5.41) is 11.7. The molecule has 2 saturated heterocycles. The standard InChI is InChI=1S/C21H27N5O3.C17H17N5O3.C17H20N4O4.C17H16N4O3.C4H9N.C4H6O4.C2H3BO2.CH3I.CH2O3.2CH4.2K.Na.H/c1-24-18-13-22-20(29-12-11-28-2)23-19(18)26(21(24)27)15-17-7-5-16(6-8-17)14-25-9-3-4-10-25;1-18-13-6-4-12(5-7-13)11-22-15-14(21(2)17(22)23)10-19-16(20-15)25-9-8-24-3;1-20-14-10-18-16(25-9-8-23-2)19-15(14)21(17(20)22)11-12-4-6-13(24-3)7-5-12;1-18-14-5-3-12(4-6-14)11-21-15(22)9-13-10-19-17(20-16(13)21)24-8-7-23-2;1-2-4-5-3-1;1-3(5)7-8-4(2)6;1-2(4)5-3;1-2;2-1-4-3;;;;;;/h5-8,13H,3-4,9-12,14-15H2,1-2H3;4-7,10H,8-9,11H2,2-3H3;4-7,10H,8-9,11H2,1-3H3;3-6,10H,7-9,11H2,2H3;5H,1-4H2;1-2H3;1H3;1H3;1,3H;2*1H4;;;;/q;;;;;;-1;;;;;3*+1;-1/p-1. The number of likely N-dealkylation sites (tertiary alicyclic amines) is 1. The predicted octanol–water partition coefficient (Wildman–Crippen LogP) is -1.18. The summed E-state index contributed by atoms with van der Waals surface area (Å²) in [6.45, 7) is 27.9. The Morgan fingerprint density at radius 3 is 1.10 bits per heavy atom. The summed E-state index contributed by atoms with van der Waals surface area (Å²) in [7, 11) is 17.4. The quantitative estimate of drug-likeness (QED) is 0.00881. The molecule has 1 amide bonds. The maximum atomic E-state index is 12.8. The van der Waals surface area contributed by atoms with E-state index in [1.807, 2.05) is 53.5 Å². The molecule has 132 heavy (non-hydrogen) atoms. The minimum absolute atomic E-state index is 0. The number of fused-ring (bicyclic) bond motifs is 4. The third kappa shape index (κ3) is 40.0. The molecule has 46 heteroatoms. The van der Waals surface area contributed by atoms with E-state index >= 15 is 0 Å². The van der Waals surface area contributed by atoms with Gasteiger partial charge in [0.1, 0.15) is 54.5 Å². The molecule has 0 unspecified atom stereocenters. The third-order valence-corrected chi connectivity index (χ3v) is 18.1. The summed E-state index contributed by atoms with van der Waals surface area (Å²) >= 11 is 2.15. The zero-order valence-electron chi connectivity index (χ0n) is 76.7. The van der Waals surface area contributed by atoms with Crippen molar-refractivity contribution >= 4 is 112 Å². The van der Waals surface area contributed by atoms with Crippen LogP contribution in [0, 0.1) is 13.1 Å². The molecular formula is C86H111BIK2N19NaO22. The molecule has 3 radical (unpaired) electrons. The minimum Gasteiger partial charge on any atom is -1.00 e. The fraction of sp³-hybridized carbons (Fsp3) is 0.419. The van der Waals surface area contributed by atoms with Crippen molar-refractivity contribution in [3.63, 3.8) is 0 Å². The number of carbonyl (C=O) groups is 5. The van der Waals surface area contributed by atoms with Crippen molar-refractivity contribution in [3.05, 3.63) is 210 Å². The molecule has 7 aromatic heterocycles. The van der Waals surface area contributed by atoms with E-state index < -0.39 is 17.9 Å². The zero-order chi connectivity index (χ0) is 92.6. The summed E-state index contributed by atoms with van der Waals surface area (Å²) in [5.41, 5.74) is 10.2. The molecule has 3 aliphatic heterocycles. The Kier molecular flexibility index (Phi) is 61.8. The molecule has 11 aromatic rings. The first kappa shape index (κ1) is 121. The van der Waals surface area contributed by atoms with Gasteiger partial charge in [-0.25, -0.2) is 63.4 Å². The van der Waals surface area contributed by atoms with Crippen molar-refractivity contribution in [2.45, 2.75) is 100 Å². The minimum atomic E-state index is -0.639. The number of carbonyl (C=O) groups excluding carboxylic acids is 5. The molecule has 0 spiro atoms. The first-order chi connectivity index (χ1) is 61.4. The van der Waals surface area contributed by atoms with Crippen LogP contribution in [0.2, 0.25) is 0 Å². The summed E-state index contributed by atoms with van der Waals surface area (Å²) in [6.07, 6.45) is 12.1. The molecule has 0 bridgehead atoms. The van der Waals surface area contributed by atoms with E-state index in [1.54, 1.807) is 129 Å². The molecule has 0 aliphatic carbocycles. The van der Waals surface area contributed by atoms with Gasteiger partial charge in [-0.3, -0.25) is 51.6 Å². The van der Waals surface area contributed by atoms with Crippen LogP contribution in [0.25, 0.3) is 43.2 Å². The predicted molar refractivity (Wildman–Crippen MR) is 486 cm³/mol. The number of ether oxygens (including phenoxy) is 9. The molecule has 41 nitrogen and oxygen atoms in total. The molecule has 1 N–H and O–H groups in total. The molecule has 10 heterocycles. The summed E-state index contributed by atoms with van der Waals surface area (Å²) < 4.78 is 59.8. The topological polar surface area (TPSA) is 440 Å². The van der Waals surface area contributed by atoms with Crippen LogP contribution in [0.15, 0.2) is 136 Å². The fourth-order valence-electron chi connectivity index (χ4n) is 11.8. The Morgan fingerprint density at radius 2 is 0.803 bits per heavy atom. The number of anilines is 1. The second-order valence-electron chi connectivity index (χ2n) is 27.0. The van der Waals surface area contributed by atoms with Gasteiger partial charge in [-0.2, -0.15) is 19.9 Å². The van der Waals surface area contributed by atoms with Crippen molar-refractivity contribution in [1.82, 2.24) is 77.5 Å². The average Bonchev–Trinajstić information content (AvgIpc) is 1.63. The van der Waals surface area contributed by atoms with Crippen molar-refractivity contribution in [1.29, 1.82) is 0 Å². The Morgan fingerprint density at radius 1 is 0.492 bits per heavy atom. The number of nitrogens with zero attached hydrogens (tertiary/aromatic N) is 18. The number of alkyl halides is 1. The summed E-state index contributed by atoms with van der Waals surface area (Å²) in [5.74, 6) is -0.421. The Balaban J connectivity index is 0.00000159. The van der Waals surface area contributed by atoms with Gasteiger partial charge in [-0.05, 0) is 96.7 Å². The molecule has 695 valence electrons. The van der Waals surface area contributed by atoms with Gasteiger partial charge in [0, 0.05) is 88.7 Å². The SMILES string of the molecule is C.C.C1CCNC1.CC(=O)OOC(C)=O.CI.COCCOc1ncc2c(n1)n(Cc1ccc(CN3CCCC3)cc1)c(=O)n2C.COCCOc1ncc2c(n1)n(Cc1ccc(OC)cc1)c(=O)n2C.O=CO[O-].[B-]OC(C)=O.[C-]#[N+]c1ccc(CN2C(=O)Cc3cnc(OCCOC)nc32)cc1.[C-]#[N+]c1ccc(Cn2c(=O)n(C)c3cnc(OCCOC)nc32)cc1.[H-].[K+].[K+].[Na+]. The normalized spacial score (nSPS) is 11.5. The van der Waals surface area contributed by atoms with Crippen LogP contribution in [-0.4, -0.2) is 230 Å². The van der Waals surface area contributed by atoms with E-state index in [9.17, 15) is 33.6 Å². The Hall–Kier alpha value is -8.87. The van der Waals surface area contributed by atoms with Crippen LogP contribution in [-0.2, 0) is 123 Å². The van der Waals surface area contributed by atoms with Gasteiger partial charge in [-0.15, -0.1) is 0 Å². The number of amides is 1. The number of hydrogen-bond acceptors (Lipinski definition) is 32. The van der Waals surface area contributed by atoms with Gasteiger partial charge in [0.2, 0.25) is 11.9 Å². The number of rotatable bonds is 28. The van der Waals surface area contributed by atoms with E-state index in [2.05, 4.69) is 134 Å². The molecule has 4 aromatic carbocycles. The van der Waals surface area contributed by atoms with E-state index in [0.717, 1.165) is 54.0 Å². The van der Waals surface area contributed by atoms with Crippen LogP contribution >= 0.6 is 22.6 Å². The molecule has 0 saturated carbocycles. The van der Waals surface area contributed by atoms with Crippen LogP contribution in [0.1, 0.15) is 96.1 Å². The first-order valence-electron chi connectivity index (χ1n) is 39.2. The number of halogens is 1. The smallest absolute Gasteiger partial charge is 1.00 e. The Bertz CT molecular complexity index is 5570. The maximum absolute atomic E-state index is 12.8. The van der Waals surface area contributed by atoms with Gasteiger partial charge in [0.05, 0.1) is 97.9 Å². The Labute approximate surface area is 889 Å². The molecule has 3 aliphatic rings. The third-order valence-electron chi connectivity index (χ3n) is 18.1. The summed E-state index contributed by atoms with van der Waals surface area (Å²) in [6, 6.07) is 31.2. The number of benzene rings is 4. The van der Waals surface area contributed by atoms with Crippen LogP contribution in [0.3, 0.4) is 0 Å². The van der Waals surface area contributed by atoms with Crippen molar-refractivity contribution in [2.75, 3.05) is 124 Å². The van der Waals surface area contributed by atoms with Gasteiger partial charge >= 0.3 is 185 Å². The number of aromatic nitrogens is 14. The molecular weight excluding hydrogens is 1890 g/mol. The van der Waals surface area contributed by atoms with Crippen LogP contribution in [0.4, 0.5) is 17.2 Å². The fourth-order valence-corrected chi connectivity index (χ4v) is 11.8. The van der Waals surface area contributed by atoms with Crippen molar-refractivity contribution in [2.24, 2.45) is 21.1 Å². The maximum Gasteiger partial charge on any atom is 1.00 e. The molecule has 0 atom stereocenters. The van der Waals surface area contributed by atoms with Crippen LogP contribution in [0.5, 0.6) is 29.8 Å². The van der Waals surface area contributed by atoms with Gasteiger partial charge in [0.25, 0.3) is 6.47 Å². The zero-order valence-corrected chi connectivity index (χ0v) is 86.1. The summed E-state index contributed by atoms with van der Waals surface area (Å²) in [4.78, 5) is 145. The van der Waals surface area contributed by atoms with Gasteiger partial charge in [-0.1, -0.05) is 122 Å². The first-order valence-corrected chi connectivity index (χ1v) is 41.4. The van der Waals surface area contributed by atoms with E-state index in [0.29, 0.717) is 130 Å². The second-order valence-corrected chi connectivity index (χ2v) is 27.0. The molecule has 14 rings (SSSR count). The number of aryl methyl sites for hydroxylation is 3. The van der Waals surface area contributed by atoms with Crippen molar-refractivity contribution in [3.8, 4) is 29.8 Å². The van der Waals surface area contributed by atoms with Gasteiger partial charge in [0.15, 0.2) is 28.3 Å². The van der Waals surface area contributed by atoms with E-state index in [4.69, 9.17) is 65.8 Å².